The van der Waals surface area contributed by atoms with Crippen LogP contribution in [0.25, 0.3) is 5.70 Å². The van der Waals surface area contributed by atoms with Crippen LogP contribution in [0.1, 0.15) is 18.4 Å². The van der Waals surface area contributed by atoms with E-state index in [4.69, 9.17) is 16.3 Å². The van der Waals surface area contributed by atoms with Gasteiger partial charge in [-0.25, -0.2) is 0 Å². The van der Waals surface area contributed by atoms with Crippen molar-refractivity contribution < 1.29 is 14.6 Å². The maximum absolute atomic E-state index is 13.1. The van der Waals surface area contributed by atoms with Crippen LogP contribution in [-0.4, -0.2) is 47.4 Å². The van der Waals surface area contributed by atoms with Gasteiger partial charge in [-0.3, -0.25) is 4.79 Å². The molecule has 27 heavy (non-hydrogen) atoms. The quantitative estimate of drug-likeness (QED) is 0.736. The summed E-state index contributed by atoms with van der Waals surface area (Å²) in [6.07, 6.45) is 8.26. The second-order valence-corrected chi connectivity index (χ2v) is 7.40. The molecule has 0 spiro atoms. The highest BCUT2D eigenvalue weighted by molar-refractivity contribution is 6.30. The Morgan fingerprint density at radius 3 is 2.93 bits per heavy atom. The molecule has 142 valence electrons. The summed E-state index contributed by atoms with van der Waals surface area (Å²) in [5, 5.41) is 16.9. The van der Waals surface area contributed by atoms with Gasteiger partial charge in [0.2, 0.25) is 0 Å². The van der Waals surface area contributed by atoms with Crippen molar-refractivity contribution >= 4 is 23.2 Å². The van der Waals surface area contributed by atoms with Gasteiger partial charge >= 0.3 is 0 Å². The molecule has 0 radical (unpaired) electrons. The van der Waals surface area contributed by atoms with Gasteiger partial charge in [-0.2, -0.15) is 0 Å². The highest BCUT2D eigenvalue weighted by atomic mass is 35.5. The number of amides is 1. The predicted octanol–water partition coefficient (Wildman–Crippen LogP) is 1.98. The molecule has 3 N–H and O–H groups in total. The maximum Gasteiger partial charge on any atom is 0.264 e. The molecule has 1 saturated heterocycles. The largest absolute Gasteiger partial charge is 0.394 e. The fourth-order valence-electron chi connectivity index (χ4n) is 3.65. The number of hydrogen-bond acceptors (Lipinski definition) is 5. The van der Waals surface area contributed by atoms with Crippen LogP contribution in [0.15, 0.2) is 54.4 Å². The minimum Gasteiger partial charge on any atom is -0.394 e. The molecule has 1 aromatic rings. The molecule has 1 aromatic carbocycles. The number of fused-ring (bicyclic) bond motifs is 1. The van der Waals surface area contributed by atoms with Gasteiger partial charge in [-0.1, -0.05) is 29.8 Å². The number of aliphatic hydroxyl groups is 1. The van der Waals surface area contributed by atoms with Crippen molar-refractivity contribution in [3.63, 3.8) is 0 Å². The van der Waals surface area contributed by atoms with Gasteiger partial charge in [-0.05, 0) is 37.1 Å². The van der Waals surface area contributed by atoms with Gasteiger partial charge in [0.15, 0.2) is 6.17 Å². The molecular weight excluding hydrogens is 366 g/mol. The number of nitrogens with one attached hydrogen (secondary N) is 2. The lowest BCUT2D eigenvalue weighted by Gasteiger charge is -2.38. The summed E-state index contributed by atoms with van der Waals surface area (Å²) < 4.78 is 5.38. The van der Waals surface area contributed by atoms with Gasteiger partial charge in [-0.15, -0.1) is 0 Å². The first-order valence-electron chi connectivity index (χ1n) is 9.02. The second kappa shape index (κ2) is 7.38. The van der Waals surface area contributed by atoms with Gasteiger partial charge in [0.25, 0.3) is 5.91 Å². The average molecular weight is 388 g/mol. The molecular formula is C20H22ClN3O3. The molecule has 0 aliphatic carbocycles. The van der Waals surface area contributed by atoms with Crippen molar-refractivity contribution in [1.29, 1.82) is 0 Å². The van der Waals surface area contributed by atoms with Crippen molar-refractivity contribution in [2.24, 2.45) is 0 Å². The normalized spacial score (nSPS) is 23.2. The molecule has 0 saturated carbocycles. The minimum absolute atomic E-state index is 0.105. The molecule has 3 aliphatic rings. The topological polar surface area (TPSA) is 73.8 Å². The first kappa shape index (κ1) is 18.1. The summed E-state index contributed by atoms with van der Waals surface area (Å²) in [5.74, 6) is -0.180. The number of carbonyl (C=O) groups excluding carboxylic acids is 1. The third-order valence-electron chi connectivity index (χ3n) is 5.21. The first-order valence-corrected chi connectivity index (χ1v) is 9.40. The fraction of sp³-hybridized carbons (Fsp3) is 0.350. The Morgan fingerprint density at radius 1 is 1.37 bits per heavy atom. The standard InChI is InChI=1S/C20H22ClN3O3/c21-15-5-3-4-14(12-15)17-16-6-1-2-9-24(16)18(22-17)19(26)23-20(13-25)7-10-27-11-8-20/h1-6,9,12,18,22,25H,7-8,10-11,13H2,(H,23,26). The average Bonchev–Trinajstić information content (AvgIpc) is 3.09. The molecule has 1 amide bonds. The lowest BCUT2D eigenvalue weighted by molar-refractivity contribution is -0.129. The van der Waals surface area contributed by atoms with Crippen molar-refractivity contribution in [1.82, 2.24) is 15.5 Å². The van der Waals surface area contributed by atoms with Crippen LogP contribution in [0.3, 0.4) is 0 Å². The molecule has 0 bridgehead atoms. The molecule has 1 fully saturated rings. The number of aliphatic hydroxyl groups excluding tert-OH is 1. The van der Waals surface area contributed by atoms with E-state index in [-0.39, 0.29) is 12.5 Å². The van der Waals surface area contributed by atoms with E-state index >= 15 is 0 Å². The molecule has 7 heteroatoms. The number of halogens is 1. The zero-order valence-corrected chi connectivity index (χ0v) is 15.6. The van der Waals surface area contributed by atoms with Crippen molar-refractivity contribution in [2.75, 3.05) is 19.8 Å². The fourth-order valence-corrected chi connectivity index (χ4v) is 3.85. The van der Waals surface area contributed by atoms with E-state index in [1.54, 1.807) is 0 Å². The van der Waals surface area contributed by atoms with Crippen LogP contribution in [0.4, 0.5) is 0 Å². The summed E-state index contributed by atoms with van der Waals surface area (Å²) in [6.45, 7) is 0.955. The molecule has 6 nitrogen and oxygen atoms in total. The van der Waals surface area contributed by atoms with Gasteiger partial charge in [0.05, 0.1) is 23.5 Å². The summed E-state index contributed by atoms with van der Waals surface area (Å²) in [7, 11) is 0. The number of ether oxygens (including phenoxy) is 1. The number of carbonyl (C=O) groups is 1. The smallest absolute Gasteiger partial charge is 0.264 e. The van der Waals surface area contributed by atoms with E-state index in [2.05, 4.69) is 10.6 Å². The highest BCUT2D eigenvalue weighted by Crippen LogP contribution is 2.32. The Balaban J connectivity index is 1.59. The van der Waals surface area contributed by atoms with Crippen LogP contribution >= 0.6 is 11.6 Å². The van der Waals surface area contributed by atoms with Gasteiger partial charge in [0, 0.05) is 30.0 Å². The number of benzene rings is 1. The monoisotopic (exact) mass is 387 g/mol. The third-order valence-corrected chi connectivity index (χ3v) is 5.44. The van der Waals surface area contributed by atoms with Gasteiger partial charge in [0.1, 0.15) is 0 Å². The molecule has 0 aromatic heterocycles. The summed E-state index contributed by atoms with van der Waals surface area (Å²) in [6, 6.07) is 7.53. The number of rotatable bonds is 4. The van der Waals surface area contributed by atoms with Crippen LogP contribution < -0.4 is 10.6 Å². The van der Waals surface area contributed by atoms with Crippen molar-refractivity contribution in [3.05, 3.63) is 65.0 Å². The van der Waals surface area contributed by atoms with Crippen LogP contribution in [-0.2, 0) is 9.53 Å². The Hall–Kier alpha value is -2.28. The van der Waals surface area contributed by atoms with Crippen molar-refractivity contribution in [2.45, 2.75) is 24.5 Å². The lowest BCUT2D eigenvalue weighted by Crippen LogP contribution is -2.60. The molecule has 4 rings (SSSR count). The van der Waals surface area contributed by atoms with E-state index in [1.807, 2.05) is 53.6 Å². The van der Waals surface area contributed by atoms with E-state index in [0.717, 1.165) is 17.0 Å². The predicted molar refractivity (Wildman–Crippen MR) is 103 cm³/mol. The summed E-state index contributed by atoms with van der Waals surface area (Å²) in [4.78, 5) is 15.0. The number of hydrogen-bond donors (Lipinski definition) is 3. The molecule has 3 aliphatic heterocycles. The summed E-state index contributed by atoms with van der Waals surface area (Å²) >= 11 is 6.15. The number of nitrogens with zero attached hydrogens (tertiary/aromatic N) is 1. The van der Waals surface area contributed by atoms with Crippen LogP contribution in [0.2, 0.25) is 5.02 Å². The molecule has 1 unspecified atom stereocenters. The maximum atomic E-state index is 13.1. The van der Waals surface area contributed by atoms with Gasteiger partial charge < -0.3 is 25.4 Å². The Labute approximate surface area is 163 Å². The van der Waals surface area contributed by atoms with Crippen LogP contribution in [0, 0.1) is 0 Å². The Morgan fingerprint density at radius 2 is 2.19 bits per heavy atom. The Kier molecular flexibility index (Phi) is 4.95. The van der Waals surface area contributed by atoms with E-state index in [0.29, 0.717) is 31.1 Å². The zero-order valence-electron chi connectivity index (χ0n) is 14.8. The number of allylic oxidation sites excluding steroid dienone is 3. The minimum atomic E-state index is -0.634. The van der Waals surface area contributed by atoms with E-state index in [9.17, 15) is 9.90 Å². The SMILES string of the molecule is O=C(NC1(CO)CCOCC1)C1NC(c2cccc(Cl)c2)=C2C=CC=CN21. The molecule has 1 atom stereocenters. The zero-order chi connectivity index (χ0) is 18.9. The second-order valence-electron chi connectivity index (χ2n) is 6.97. The highest BCUT2D eigenvalue weighted by Gasteiger charge is 2.40. The third kappa shape index (κ3) is 3.48. The molecule has 3 heterocycles. The lowest BCUT2D eigenvalue weighted by atomic mass is 9.91. The van der Waals surface area contributed by atoms with E-state index in [1.165, 1.54) is 0 Å². The first-order chi connectivity index (χ1) is 13.1. The van der Waals surface area contributed by atoms with E-state index < -0.39 is 11.7 Å². The van der Waals surface area contributed by atoms with Crippen molar-refractivity contribution in [3.8, 4) is 0 Å². The van der Waals surface area contributed by atoms with Crippen LogP contribution in [0.5, 0.6) is 0 Å². The summed E-state index contributed by atoms with van der Waals surface area (Å²) in [5.41, 5.74) is 2.04. The Bertz CT molecular complexity index is 828.